The highest BCUT2D eigenvalue weighted by Gasteiger charge is 2.32. The number of allylic oxidation sites excluding steroid dienone is 3. The zero-order valence-electron chi connectivity index (χ0n) is 16.8. The van der Waals surface area contributed by atoms with Crippen LogP contribution in [0.15, 0.2) is 42.2 Å². The van der Waals surface area contributed by atoms with E-state index in [9.17, 15) is 0 Å². The van der Waals surface area contributed by atoms with Gasteiger partial charge in [0.25, 0.3) is 0 Å². The van der Waals surface area contributed by atoms with Gasteiger partial charge < -0.3 is 14.5 Å². The second kappa shape index (κ2) is 7.18. The van der Waals surface area contributed by atoms with Gasteiger partial charge >= 0.3 is 0 Å². The monoisotopic (exact) mass is 353 g/mol. The smallest absolute Gasteiger partial charge is 0.238 e. The number of hydrogen-bond acceptors (Lipinski definition) is 4. The molecule has 3 rings (SSSR count). The van der Waals surface area contributed by atoms with Gasteiger partial charge in [0.2, 0.25) is 5.88 Å². The first-order valence-electron chi connectivity index (χ1n) is 9.49. The van der Waals surface area contributed by atoms with Crippen LogP contribution in [-0.2, 0) is 0 Å². The lowest BCUT2D eigenvalue weighted by molar-refractivity contribution is 0.278. The van der Waals surface area contributed by atoms with E-state index in [0.29, 0.717) is 6.61 Å². The predicted octanol–water partition coefficient (Wildman–Crippen LogP) is 4.66. The minimum Gasteiger partial charge on any atom is -0.474 e. The van der Waals surface area contributed by atoms with Gasteiger partial charge in [-0.05, 0) is 52.2 Å². The zero-order chi connectivity index (χ0) is 18.9. The van der Waals surface area contributed by atoms with Gasteiger partial charge in [-0.25, -0.2) is 4.98 Å². The minimum absolute atomic E-state index is 0.0392. The molecule has 2 aliphatic heterocycles. The molecule has 140 valence electrons. The molecular formula is C22H31N3O. The van der Waals surface area contributed by atoms with Gasteiger partial charge in [0, 0.05) is 24.2 Å². The van der Waals surface area contributed by atoms with Crippen LogP contribution in [0.5, 0.6) is 5.88 Å². The van der Waals surface area contributed by atoms with Crippen molar-refractivity contribution in [1.82, 2.24) is 4.98 Å². The first kappa shape index (κ1) is 18.6. The molecule has 1 fully saturated rings. The quantitative estimate of drug-likeness (QED) is 0.773. The molecule has 4 nitrogen and oxygen atoms in total. The molecule has 1 aromatic rings. The predicted molar refractivity (Wildman–Crippen MR) is 110 cm³/mol. The van der Waals surface area contributed by atoms with Crippen molar-refractivity contribution >= 4 is 11.4 Å². The fourth-order valence-electron chi connectivity index (χ4n) is 3.96. The second-order valence-corrected chi connectivity index (χ2v) is 8.01. The van der Waals surface area contributed by atoms with Crippen LogP contribution in [-0.4, -0.2) is 36.8 Å². The number of ether oxygens (including phenoxy) is 1. The van der Waals surface area contributed by atoms with Crippen molar-refractivity contribution in [3.63, 3.8) is 0 Å². The number of nitrogens with zero attached hydrogens (tertiary/aromatic N) is 3. The van der Waals surface area contributed by atoms with E-state index in [1.54, 1.807) is 0 Å². The Morgan fingerprint density at radius 3 is 2.65 bits per heavy atom. The van der Waals surface area contributed by atoms with Crippen molar-refractivity contribution in [3.8, 4) is 5.88 Å². The van der Waals surface area contributed by atoms with Crippen molar-refractivity contribution in [2.75, 3.05) is 36.0 Å². The summed E-state index contributed by atoms with van der Waals surface area (Å²) in [7, 11) is 0. The second-order valence-electron chi connectivity index (χ2n) is 8.01. The Bertz CT molecular complexity index is 755. The molecule has 0 aliphatic carbocycles. The number of pyridine rings is 1. The Morgan fingerprint density at radius 1 is 1.23 bits per heavy atom. The van der Waals surface area contributed by atoms with E-state index in [1.165, 1.54) is 22.4 Å². The molecule has 0 atom stereocenters. The van der Waals surface area contributed by atoms with E-state index in [2.05, 4.69) is 68.1 Å². The number of piperidine rings is 1. The normalized spacial score (nSPS) is 21.0. The van der Waals surface area contributed by atoms with Crippen LogP contribution in [0.4, 0.5) is 11.4 Å². The highest BCUT2D eigenvalue weighted by atomic mass is 16.5. The van der Waals surface area contributed by atoms with Crippen LogP contribution in [0, 0.1) is 6.92 Å². The molecular weight excluding hydrogens is 322 g/mol. The van der Waals surface area contributed by atoms with E-state index < -0.39 is 0 Å². The van der Waals surface area contributed by atoms with Crippen molar-refractivity contribution in [1.29, 1.82) is 0 Å². The molecule has 4 heteroatoms. The van der Waals surface area contributed by atoms with E-state index in [4.69, 9.17) is 4.74 Å². The van der Waals surface area contributed by atoms with Crippen LogP contribution in [0.25, 0.3) is 0 Å². The third-order valence-corrected chi connectivity index (χ3v) is 5.31. The molecule has 0 saturated carbocycles. The van der Waals surface area contributed by atoms with Gasteiger partial charge in [-0.1, -0.05) is 24.8 Å². The number of aromatic nitrogens is 1. The number of anilines is 2. The van der Waals surface area contributed by atoms with Gasteiger partial charge in [0.05, 0.1) is 18.4 Å². The van der Waals surface area contributed by atoms with Crippen molar-refractivity contribution in [2.45, 2.75) is 46.6 Å². The van der Waals surface area contributed by atoms with Gasteiger partial charge in [-0.15, -0.1) is 0 Å². The maximum absolute atomic E-state index is 5.86. The number of hydrogen-bond donors (Lipinski definition) is 0. The van der Waals surface area contributed by atoms with E-state index in [1.807, 2.05) is 12.3 Å². The maximum atomic E-state index is 5.86. The summed E-state index contributed by atoms with van der Waals surface area (Å²) in [6.07, 6.45) is 9.27. The van der Waals surface area contributed by atoms with Crippen LogP contribution >= 0.6 is 0 Å². The van der Waals surface area contributed by atoms with Crippen LogP contribution in [0.2, 0.25) is 0 Å². The average Bonchev–Trinajstić information content (AvgIpc) is 2.61. The first-order valence-corrected chi connectivity index (χ1v) is 9.49. The molecule has 1 aromatic heterocycles. The Morgan fingerprint density at radius 2 is 2.00 bits per heavy atom. The fraction of sp³-hybridized carbons (Fsp3) is 0.500. The number of rotatable bonds is 2. The molecule has 0 aromatic carbocycles. The van der Waals surface area contributed by atoms with Crippen LogP contribution in [0.3, 0.4) is 0 Å². The summed E-state index contributed by atoms with van der Waals surface area (Å²) < 4.78 is 5.86. The highest BCUT2D eigenvalue weighted by Crippen LogP contribution is 2.41. The molecule has 0 N–H and O–H groups in total. The van der Waals surface area contributed by atoms with Crippen LogP contribution < -0.4 is 14.5 Å². The van der Waals surface area contributed by atoms with Crippen molar-refractivity contribution in [3.05, 3.63) is 47.7 Å². The average molecular weight is 354 g/mol. The Balaban J connectivity index is 2.00. The topological polar surface area (TPSA) is 28.6 Å². The van der Waals surface area contributed by atoms with Gasteiger partial charge in [0.15, 0.2) is 0 Å². The van der Waals surface area contributed by atoms with E-state index in [0.717, 1.165) is 37.6 Å². The molecule has 0 amide bonds. The maximum Gasteiger partial charge on any atom is 0.238 e. The minimum atomic E-state index is 0.0392. The molecule has 0 bridgehead atoms. The molecule has 1 saturated heterocycles. The Hall–Kier alpha value is -2.23. The Labute approximate surface area is 157 Å². The lowest BCUT2D eigenvalue weighted by Gasteiger charge is -2.42. The summed E-state index contributed by atoms with van der Waals surface area (Å²) >= 11 is 0. The summed E-state index contributed by atoms with van der Waals surface area (Å²) in [5.41, 5.74) is 6.41. The summed E-state index contributed by atoms with van der Waals surface area (Å²) in [6, 6.07) is 0. The summed E-state index contributed by atoms with van der Waals surface area (Å²) in [4.78, 5) is 9.53. The van der Waals surface area contributed by atoms with Gasteiger partial charge in [-0.3, -0.25) is 0 Å². The molecule has 0 radical (unpaired) electrons. The zero-order valence-corrected chi connectivity index (χ0v) is 16.8. The first-order chi connectivity index (χ1) is 12.4. The summed E-state index contributed by atoms with van der Waals surface area (Å²) in [5, 5.41) is 0. The fourth-order valence-corrected chi connectivity index (χ4v) is 3.96. The SMILES string of the molecule is C=C/C=C1/CN(c2cnc3c(c2C)N(C(C)(C)C)CCO3)CC/C1=C/C. The third-order valence-electron chi connectivity index (χ3n) is 5.31. The van der Waals surface area contributed by atoms with Crippen molar-refractivity contribution in [2.24, 2.45) is 0 Å². The molecule has 2 aliphatic rings. The van der Waals surface area contributed by atoms with E-state index in [-0.39, 0.29) is 5.54 Å². The molecule has 26 heavy (non-hydrogen) atoms. The van der Waals surface area contributed by atoms with Gasteiger partial charge in [0.1, 0.15) is 12.3 Å². The number of fused-ring (bicyclic) bond motifs is 1. The summed E-state index contributed by atoms with van der Waals surface area (Å²) in [6.45, 7) is 18.4. The lowest BCUT2D eigenvalue weighted by atomic mass is 9.96. The lowest BCUT2D eigenvalue weighted by Crippen LogP contribution is -2.47. The van der Waals surface area contributed by atoms with Gasteiger partial charge in [-0.2, -0.15) is 0 Å². The standard InChI is InChI=1S/C22H31N3O/c1-7-9-18-15-24(11-10-17(18)8-2)19-14-23-21-20(16(19)3)25(12-13-26-21)22(4,5)6/h7-9,14H,1,10-13,15H2,2-6H3/b17-8-,18-9-. The molecule has 0 spiro atoms. The largest absolute Gasteiger partial charge is 0.474 e. The molecule has 3 heterocycles. The van der Waals surface area contributed by atoms with E-state index >= 15 is 0 Å². The van der Waals surface area contributed by atoms with Crippen molar-refractivity contribution < 1.29 is 4.74 Å². The highest BCUT2D eigenvalue weighted by molar-refractivity contribution is 5.73. The van der Waals surface area contributed by atoms with Crippen LogP contribution in [0.1, 0.15) is 39.7 Å². The molecule has 0 unspecified atom stereocenters. The Kier molecular flexibility index (Phi) is 5.12. The third kappa shape index (κ3) is 3.37. The summed E-state index contributed by atoms with van der Waals surface area (Å²) in [5.74, 6) is 0.764.